The molecule has 2 bridgehead atoms. The molecule has 1 fully saturated rings. The molecule has 0 aromatic heterocycles. The van der Waals surface area contributed by atoms with Crippen LogP contribution in [0.1, 0.15) is 91.4 Å². The van der Waals surface area contributed by atoms with E-state index < -0.39 is 33.6 Å². The van der Waals surface area contributed by atoms with Crippen LogP contribution in [-0.4, -0.2) is 22.5 Å². The van der Waals surface area contributed by atoms with Gasteiger partial charge in [-0.3, -0.25) is 14.4 Å². The number of fused-ring (bicyclic) bond motifs is 2. The molecule has 198 valence electrons. The van der Waals surface area contributed by atoms with E-state index in [9.17, 15) is 19.5 Å². The zero-order chi connectivity index (χ0) is 27.8. The van der Waals surface area contributed by atoms with Crippen LogP contribution in [-0.2, 0) is 9.59 Å². The zero-order valence-corrected chi connectivity index (χ0v) is 23.7. The van der Waals surface area contributed by atoms with Gasteiger partial charge in [-0.1, -0.05) is 79.1 Å². The number of carbonyl (C=O) groups is 3. The van der Waals surface area contributed by atoms with Gasteiger partial charge in [-0.15, -0.1) is 0 Å². The van der Waals surface area contributed by atoms with Crippen LogP contribution in [0.5, 0.6) is 0 Å². The highest BCUT2D eigenvalue weighted by atomic mass is 16.3. The summed E-state index contributed by atoms with van der Waals surface area (Å²) < 4.78 is 0. The maximum Gasteiger partial charge on any atom is 0.184 e. The summed E-state index contributed by atoms with van der Waals surface area (Å²) >= 11 is 0. The van der Waals surface area contributed by atoms with Gasteiger partial charge in [0.05, 0.1) is 5.41 Å². The van der Waals surface area contributed by atoms with E-state index in [1.165, 1.54) is 0 Å². The van der Waals surface area contributed by atoms with Gasteiger partial charge in [0.25, 0.3) is 0 Å². The lowest BCUT2D eigenvalue weighted by atomic mass is 9.39. The second-order valence-electron chi connectivity index (χ2n) is 12.1. The first-order valence-corrected chi connectivity index (χ1v) is 13.3. The van der Waals surface area contributed by atoms with Crippen LogP contribution in [0.4, 0.5) is 0 Å². The Morgan fingerprint density at radius 3 is 2.03 bits per heavy atom. The van der Waals surface area contributed by atoms with Crippen molar-refractivity contribution in [2.24, 2.45) is 22.2 Å². The lowest BCUT2D eigenvalue weighted by molar-refractivity contribution is -0.164. The lowest BCUT2D eigenvalue weighted by Gasteiger charge is -2.59. The molecule has 2 aliphatic carbocycles. The van der Waals surface area contributed by atoms with Gasteiger partial charge in [0.15, 0.2) is 22.8 Å². The monoisotopic (exact) mass is 502 g/mol. The lowest BCUT2D eigenvalue weighted by Crippen LogP contribution is -2.69. The van der Waals surface area contributed by atoms with E-state index in [0.29, 0.717) is 18.4 Å². The maximum atomic E-state index is 14.8. The molecule has 3 rings (SSSR count). The van der Waals surface area contributed by atoms with Crippen molar-refractivity contribution in [1.29, 1.82) is 0 Å². The van der Waals surface area contributed by atoms with E-state index in [4.69, 9.17) is 0 Å². The molecule has 0 aliphatic heterocycles. The Hall–Kier alpha value is -3.01. The number of aliphatic hydroxyl groups is 1. The molecule has 1 saturated carbocycles. The molecule has 1 aromatic rings. The fourth-order valence-corrected chi connectivity index (χ4v) is 6.16. The Labute approximate surface area is 222 Å². The van der Waals surface area contributed by atoms with Gasteiger partial charge < -0.3 is 5.11 Å². The van der Waals surface area contributed by atoms with Crippen LogP contribution in [0.2, 0.25) is 0 Å². The van der Waals surface area contributed by atoms with Crippen molar-refractivity contribution < 1.29 is 19.5 Å². The largest absolute Gasteiger partial charge is 0.511 e. The Kier molecular flexibility index (Phi) is 8.02. The molecule has 37 heavy (non-hydrogen) atoms. The number of ketones is 3. The quantitative estimate of drug-likeness (QED) is 0.223. The number of aliphatic hydroxyl groups excluding tert-OH is 1. The highest BCUT2D eigenvalue weighted by Crippen LogP contribution is 2.66. The Morgan fingerprint density at radius 2 is 1.49 bits per heavy atom. The van der Waals surface area contributed by atoms with Crippen LogP contribution in [0.15, 0.2) is 76.6 Å². The molecular weight excluding hydrogens is 460 g/mol. The number of benzene rings is 1. The summed E-state index contributed by atoms with van der Waals surface area (Å²) in [6.07, 6.45) is 7.41. The first-order valence-electron chi connectivity index (χ1n) is 13.3. The zero-order valence-electron chi connectivity index (χ0n) is 23.7. The molecule has 0 amide bonds. The van der Waals surface area contributed by atoms with Crippen LogP contribution < -0.4 is 0 Å². The molecule has 4 nitrogen and oxygen atoms in total. The third kappa shape index (κ3) is 4.60. The van der Waals surface area contributed by atoms with Gasteiger partial charge in [-0.2, -0.15) is 0 Å². The van der Waals surface area contributed by atoms with E-state index in [-0.39, 0.29) is 30.1 Å². The number of rotatable bonds is 8. The molecule has 0 saturated heterocycles. The van der Waals surface area contributed by atoms with Crippen molar-refractivity contribution in [1.82, 2.24) is 0 Å². The van der Waals surface area contributed by atoms with Crippen LogP contribution >= 0.6 is 0 Å². The fraction of sp³-hybridized carbons (Fsp3) is 0.485. The van der Waals surface area contributed by atoms with Crippen LogP contribution in [0, 0.1) is 22.2 Å². The van der Waals surface area contributed by atoms with Crippen molar-refractivity contribution in [2.45, 2.75) is 81.1 Å². The minimum atomic E-state index is -1.92. The minimum absolute atomic E-state index is 0.147. The van der Waals surface area contributed by atoms with Crippen molar-refractivity contribution in [3.63, 3.8) is 0 Å². The summed E-state index contributed by atoms with van der Waals surface area (Å²) in [5.74, 6) is -1.77. The van der Waals surface area contributed by atoms with E-state index in [2.05, 4.69) is 6.08 Å². The molecule has 1 N–H and O–H groups in total. The van der Waals surface area contributed by atoms with Gasteiger partial charge in [0.1, 0.15) is 5.76 Å². The third-order valence-electron chi connectivity index (χ3n) is 8.47. The topological polar surface area (TPSA) is 71.4 Å². The van der Waals surface area contributed by atoms with E-state index in [0.717, 1.165) is 16.7 Å². The molecule has 0 spiro atoms. The third-order valence-corrected chi connectivity index (χ3v) is 8.47. The predicted octanol–water partition coefficient (Wildman–Crippen LogP) is 7.92. The first kappa shape index (κ1) is 28.6. The van der Waals surface area contributed by atoms with Crippen molar-refractivity contribution in [2.75, 3.05) is 0 Å². The molecule has 4 heteroatoms. The molecule has 2 aliphatic rings. The molecule has 0 radical (unpaired) electrons. The van der Waals surface area contributed by atoms with Gasteiger partial charge >= 0.3 is 0 Å². The Bertz CT molecular complexity index is 1210. The SMILES string of the molecule is CC(C)=CCC1=C(O)C2(CC=C(C)C)C[C@@H](CC=C(C)C)C(C)(C)C(C(=O)c3ccccc3)(C1=O)C2=O. The summed E-state index contributed by atoms with van der Waals surface area (Å²) in [6, 6.07) is 8.68. The predicted molar refractivity (Wildman–Crippen MR) is 149 cm³/mol. The normalized spacial score (nSPS) is 26.4. The molecule has 2 unspecified atom stereocenters. The van der Waals surface area contributed by atoms with E-state index >= 15 is 0 Å². The number of Topliss-reactive ketones (excluding diaryl/α,β-unsaturated/α-hetero) is 3. The maximum absolute atomic E-state index is 14.8. The number of carbonyl (C=O) groups excluding carboxylic acids is 3. The van der Waals surface area contributed by atoms with Crippen molar-refractivity contribution in [3.8, 4) is 0 Å². The Balaban J connectivity index is 2.45. The highest BCUT2D eigenvalue weighted by Gasteiger charge is 2.74. The summed E-state index contributed by atoms with van der Waals surface area (Å²) in [6.45, 7) is 15.6. The summed E-state index contributed by atoms with van der Waals surface area (Å²) in [5, 5.41) is 11.8. The van der Waals surface area contributed by atoms with E-state index in [1.807, 2.05) is 73.6 Å². The number of hydrogen-bond donors (Lipinski definition) is 1. The van der Waals surface area contributed by atoms with Gasteiger partial charge in [-0.25, -0.2) is 0 Å². The molecule has 1 aromatic carbocycles. The van der Waals surface area contributed by atoms with Gasteiger partial charge in [-0.05, 0) is 78.6 Å². The average molecular weight is 503 g/mol. The number of hydrogen-bond acceptors (Lipinski definition) is 4. The minimum Gasteiger partial charge on any atom is -0.511 e. The fourth-order valence-electron chi connectivity index (χ4n) is 6.16. The van der Waals surface area contributed by atoms with Gasteiger partial charge in [0, 0.05) is 11.1 Å². The molecular formula is C33H42O4. The molecule has 0 heterocycles. The smallest absolute Gasteiger partial charge is 0.184 e. The number of allylic oxidation sites excluding steroid dienone is 8. The first-order chi connectivity index (χ1) is 17.2. The summed E-state index contributed by atoms with van der Waals surface area (Å²) in [4.78, 5) is 43.9. The molecule has 3 atom stereocenters. The van der Waals surface area contributed by atoms with Crippen LogP contribution in [0.3, 0.4) is 0 Å². The average Bonchev–Trinajstić information content (AvgIpc) is 2.82. The standard InChI is InChI=1S/C33H42O4/c1-21(2)14-16-25-20-32(19-18-23(5)6)28(35)26(17-15-22(3)4)29(36)33(30(32)37,31(25,7)8)27(34)24-12-10-9-11-13-24/h9-15,18,25,35H,16-17,19-20H2,1-8H3/t25-,32?,33?/m1/s1. The highest BCUT2D eigenvalue weighted by molar-refractivity contribution is 6.36. The second kappa shape index (κ2) is 10.4. The van der Waals surface area contributed by atoms with Crippen molar-refractivity contribution >= 4 is 17.3 Å². The van der Waals surface area contributed by atoms with Crippen LogP contribution in [0.25, 0.3) is 0 Å². The van der Waals surface area contributed by atoms with Gasteiger partial charge in [0.2, 0.25) is 0 Å². The summed E-state index contributed by atoms with van der Waals surface area (Å²) in [7, 11) is 0. The summed E-state index contributed by atoms with van der Waals surface area (Å²) in [5.41, 5.74) is -0.517. The Morgan fingerprint density at radius 1 is 0.919 bits per heavy atom. The van der Waals surface area contributed by atoms with E-state index in [1.54, 1.807) is 24.3 Å². The van der Waals surface area contributed by atoms with Crippen molar-refractivity contribution in [3.05, 3.63) is 82.2 Å². The second-order valence-corrected chi connectivity index (χ2v) is 12.1.